The average Bonchev–Trinajstić information content (AvgIpc) is 3.17. The highest BCUT2D eigenvalue weighted by Crippen LogP contribution is 2.28. The SMILES string of the molecule is CCNC(=NCC1Cc2ccccc2O1)NC1CCN(Cc2ccccc2)CC1. The first-order valence-corrected chi connectivity index (χ1v) is 10.9. The molecule has 1 unspecified atom stereocenters. The van der Waals surface area contributed by atoms with Gasteiger partial charge in [-0.3, -0.25) is 4.90 Å². The number of para-hydroxylation sites is 1. The number of ether oxygens (including phenoxy) is 1. The molecule has 0 bridgehead atoms. The van der Waals surface area contributed by atoms with Gasteiger partial charge in [0.25, 0.3) is 0 Å². The van der Waals surface area contributed by atoms with Gasteiger partial charge in [0.05, 0.1) is 6.54 Å². The van der Waals surface area contributed by atoms with Crippen LogP contribution in [0.5, 0.6) is 5.75 Å². The summed E-state index contributed by atoms with van der Waals surface area (Å²) in [6.45, 7) is 6.93. The van der Waals surface area contributed by atoms with Crippen molar-refractivity contribution >= 4 is 5.96 Å². The van der Waals surface area contributed by atoms with Crippen LogP contribution in [-0.2, 0) is 13.0 Å². The van der Waals surface area contributed by atoms with Crippen molar-refractivity contribution in [1.29, 1.82) is 0 Å². The number of hydrogen-bond acceptors (Lipinski definition) is 3. The number of benzene rings is 2. The maximum atomic E-state index is 6.03. The smallest absolute Gasteiger partial charge is 0.191 e. The molecule has 2 aliphatic heterocycles. The van der Waals surface area contributed by atoms with Gasteiger partial charge in [-0.2, -0.15) is 0 Å². The minimum absolute atomic E-state index is 0.135. The minimum atomic E-state index is 0.135. The molecule has 0 amide bonds. The topological polar surface area (TPSA) is 48.9 Å². The van der Waals surface area contributed by atoms with Gasteiger partial charge in [-0.25, -0.2) is 4.99 Å². The number of nitrogens with zero attached hydrogens (tertiary/aromatic N) is 2. The molecule has 1 atom stereocenters. The Balaban J connectivity index is 1.25. The number of guanidine groups is 1. The van der Waals surface area contributed by atoms with Crippen LogP contribution in [-0.4, -0.2) is 49.2 Å². The molecule has 1 fully saturated rings. The Labute approximate surface area is 174 Å². The molecule has 0 spiro atoms. The second-order valence-electron chi connectivity index (χ2n) is 7.95. The molecule has 0 radical (unpaired) electrons. The van der Waals surface area contributed by atoms with E-state index in [2.05, 4.69) is 64.9 Å². The van der Waals surface area contributed by atoms with Gasteiger partial charge in [0.2, 0.25) is 0 Å². The lowest BCUT2D eigenvalue weighted by Crippen LogP contribution is -2.48. The maximum Gasteiger partial charge on any atom is 0.191 e. The van der Waals surface area contributed by atoms with Crippen LogP contribution in [0.15, 0.2) is 59.6 Å². The van der Waals surface area contributed by atoms with Gasteiger partial charge in [0, 0.05) is 38.6 Å². The maximum absolute atomic E-state index is 6.03. The minimum Gasteiger partial charge on any atom is -0.488 e. The molecule has 29 heavy (non-hydrogen) atoms. The third-order valence-electron chi connectivity index (χ3n) is 5.69. The number of hydrogen-bond donors (Lipinski definition) is 2. The normalized spacial score (nSPS) is 20.2. The van der Waals surface area contributed by atoms with Gasteiger partial charge in [0.15, 0.2) is 5.96 Å². The summed E-state index contributed by atoms with van der Waals surface area (Å²) in [6, 6.07) is 19.5. The zero-order valence-electron chi connectivity index (χ0n) is 17.3. The van der Waals surface area contributed by atoms with Crippen LogP contribution >= 0.6 is 0 Å². The van der Waals surface area contributed by atoms with E-state index in [1.807, 2.05) is 12.1 Å². The Morgan fingerprint density at radius 2 is 1.83 bits per heavy atom. The Bertz CT molecular complexity index is 775. The first-order valence-electron chi connectivity index (χ1n) is 10.9. The molecule has 4 rings (SSSR count). The summed E-state index contributed by atoms with van der Waals surface area (Å²) in [6.07, 6.45) is 3.36. The lowest BCUT2D eigenvalue weighted by Gasteiger charge is -2.33. The van der Waals surface area contributed by atoms with E-state index in [0.29, 0.717) is 12.6 Å². The number of rotatable bonds is 6. The van der Waals surface area contributed by atoms with Gasteiger partial charge in [-0.15, -0.1) is 0 Å². The Kier molecular flexibility index (Phi) is 6.67. The summed E-state index contributed by atoms with van der Waals surface area (Å²) >= 11 is 0. The summed E-state index contributed by atoms with van der Waals surface area (Å²) in [5.41, 5.74) is 2.68. The molecule has 0 saturated carbocycles. The van der Waals surface area contributed by atoms with E-state index in [1.165, 1.54) is 11.1 Å². The van der Waals surface area contributed by atoms with E-state index in [1.54, 1.807) is 0 Å². The van der Waals surface area contributed by atoms with Crippen molar-refractivity contribution in [3.05, 3.63) is 65.7 Å². The first-order chi connectivity index (χ1) is 14.3. The summed E-state index contributed by atoms with van der Waals surface area (Å²) in [7, 11) is 0. The number of fused-ring (bicyclic) bond motifs is 1. The predicted octanol–water partition coefficient (Wildman–Crippen LogP) is 3.21. The molecule has 0 aliphatic carbocycles. The van der Waals surface area contributed by atoms with Gasteiger partial charge in [-0.05, 0) is 37.0 Å². The molecular formula is C24H32N4O. The molecular weight excluding hydrogens is 360 g/mol. The fourth-order valence-corrected chi connectivity index (χ4v) is 4.14. The second-order valence-corrected chi connectivity index (χ2v) is 7.95. The van der Waals surface area contributed by atoms with Crippen LogP contribution in [0.4, 0.5) is 0 Å². The van der Waals surface area contributed by atoms with Gasteiger partial charge < -0.3 is 15.4 Å². The summed E-state index contributed by atoms with van der Waals surface area (Å²) in [5, 5.41) is 7.04. The van der Waals surface area contributed by atoms with Gasteiger partial charge >= 0.3 is 0 Å². The van der Waals surface area contributed by atoms with Crippen molar-refractivity contribution in [2.24, 2.45) is 4.99 Å². The van der Waals surface area contributed by atoms with Crippen LogP contribution in [0.3, 0.4) is 0 Å². The third-order valence-corrected chi connectivity index (χ3v) is 5.69. The summed E-state index contributed by atoms with van der Waals surface area (Å²) in [5.74, 6) is 1.92. The van der Waals surface area contributed by atoms with E-state index in [9.17, 15) is 0 Å². The number of aliphatic imine (C=N–C) groups is 1. The van der Waals surface area contributed by atoms with Crippen LogP contribution < -0.4 is 15.4 Å². The lowest BCUT2D eigenvalue weighted by atomic mass is 10.0. The van der Waals surface area contributed by atoms with E-state index in [-0.39, 0.29) is 6.10 Å². The van der Waals surface area contributed by atoms with Crippen LogP contribution in [0.1, 0.15) is 30.9 Å². The van der Waals surface area contributed by atoms with Crippen LogP contribution in [0.25, 0.3) is 0 Å². The van der Waals surface area contributed by atoms with Crippen molar-refractivity contribution < 1.29 is 4.74 Å². The Morgan fingerprint density at radius 3 is 2.59 bits per heavy atom. The highest BCUT2D eigenvalue weighted by atomic mass is 16.5. The molecule has 1 saturated heterocycles. The molecule has 5 heteroatoms. The second kappa shape index (κ2) is 9.79. The van der Waals surface area contributed by atoms with E-state index < -0.39 is 0 Å². The number of piperidine rings is 1. The van der Waals surface area contributed by atoms with Crippen molar-refractivity contribution in [2.45, 2.75) is 44.9 Å². The predicted molar refractivity (Wildman–Crippen MR) is 118 cm³/mol. The molecule has 2 aromatic carbocycles. The Hall–Kier alpha value is -2.53. The summed E-state index contributed by atoms with van der Waals surface area (Å²) in [4.78, 5) is 7.36. The third kappa shape index (κ3) is 5.51. The zero-order chi connectivity index (χ0) is 19.9. The highest BCUT2D eigenvalue weighted by Gasteiger charge is 2.23. The standard InChI is InChI=1S/C24H32N4O/c1-2-25-24(26-17-22-16-20-10-6-7-11-23(20)29-22)27-21-12-14-28(15-13-21)18-19-8-4-3-5-9-19/h3-11,21-22H,2,12-18H2,1H3,(H2,25,26,27). The average molecular weight is 393 g/mol. The van der Waals surface area contributed by atoms with Crippen molar-refractivity contribution in [3.63, 3.8) is 0 Å². The fraction of sp³-hybridized carbons (Fsp3) is 0.458. The monoisotopic (exact) mass is 392 g/mol. The van der Waals surface area contributed by atoms with Gasteiger partial charge in [-0.1, -0.05) is 48.5 Å². The zero-order valence-corrected chi connectivity index (χ0v) is 17.3. The molecule has 2 aliphatic rings. The molecule has 2 heterocycles. The van der Waals surface area contributed by atoms with Crippen LogP contribution in [0.2, 0.25) is 0 Å². The van der Waals surface area contributed by atoms with E-state index >= 15 is 0 Å². The Morgan fingerprint density at radius 1 is 1.07 bits per heavy atom. The molecule has 2 aromatic rings. The highest BCUT2D eigenvalue weighted by molar-refractivity contribution is 5.80. The molecule has 2 N–H and O–H groups in total. The molecule has 154 valence electrons. The van der Waals surface area contributed by atoms with E-state index in [0.717, 1.165) is 57.2 Å². The van der Waals surface area contributed by atoms with Crippen molar-refractivity contribution in [2.75, 3.05) is 26.2 Å². The largest absolute Gasteiger partial charge is 0.488 e. The molecule has 5 nitrogen and oxygen atoms in total. The van der Waals surface area contributed by atoms with Crippen molar-refractivity contribution in [3.8, 4) is 5.75 Å². The number of nitrogens with one attached hydrogen (secondary N) is 2. The first kappa shape index (κ1) is 19.8. The van der Waals surface area contributed by atoms with E-state index in [4.69, 9.17) is 9.73 Å². The molecule has 0 aromatic heterocycles. The lowest BCUT2D eigenvalue weighted by molar-refractivity contribution is 0.198. The van der Waals surface area contributed by atoms with Crippen molar-refractivity contribution in [1.82, 2.24) is 15.5 Å². The van der Waals surface area contributed by atoms with Gasteiger partial charge in [0.1, 0.15) is 11.9 Å². The quantitative estimate of drug-likeness (QED) is 0.585. The van der Waals surface area contributed by atoms with Crippen LogP contribution in [0, 0.1) is 0 Å². The fourth-order valence-electron chi connectivity index (χ4n) is 4.14. The number of likely N-dealkylation sites (tertiary alicyclic amines) is 1. The summed E-state index contributed by atoms with van der Waals surface area (Å²) < 4.78 is 6.03.